The number of halogens is 2. The Balaban J connectivity index is 3.01. The lowest BCUT2D eigenvalue weighted by Crippen LogP contribution is -2.05. The summed E-state index contributed by atoms with van der Waals surface area (Å²) < 4.78 is 2.38. The number of nitrogens with one attached hydrogen (secondary N) is 1. The average molecular weight is 401 g/mol. The second-order valence-corrected chi connectivity index (χ2v) is 7.38. The van der Waals surface area contributed by atoms with Crippen molar-refractivity contribution >= 4 is 65.7 Å². The summed E-state index contributed by atoms with van der Waals surface area (Å²) in [4.78, 5) is 0. The van der Waals surface area contributed by atoms with Gasteiger partial charge in [-0.05, 0) is 17.6 Å². The molecule has 1 aliphatic rings. The lowest BCUT2D eigenvalue weighted by atomic mass is 10.2. The Morgan fingerprint density at radius 2 is 1.45 bits per heavy atom. The molecular formula is C6H5I2NSi2. The van der Waals surface area contributed by atoms with Gasteiger partial charge in [0.1, 0.15) is 0 Å². The molecule has 0 aromatic rings. The molecule has 0 bridgehead atoms. The van der Waals surface area contributed by atoms with E-state index in [-0.39, 0.29) is 0 Å². The van der Waals surface area contributed by atoms with E-state index in [4.69, 9.17) is 0 Å². The Morgan fingerprint density at radius 3 is 1.73 bits per heavy atom. The molecule has 6 radical (unpaired) electrons. The van der Waals surface area contributed by atoms with Crippen LogP contribution in [0.4, 0.5) is 0 Å². The quantitative estimate of drug-likeness (QED) is 0.476. The van der Waals surface area contributed by atoms with Gasteiger partial charge in [-0.15, -0.1) is 0 Å². The molecule has 1 fully saturated rings. The standard InChI is InChI=1S/C6H5I2NSi2/c7-5(10)3-1-9-2-4(3)6(8)11/h9H,1-2H2/b5-3+,6-4+. The molecule has 0 atom stereocenters. The van der Waals surface area contributed by atoms with Crippen LogP contribution in [0.1, 0.15) is 0 Å². The van der Waals surface area contributed by atoms with Gasteiger partial charge in [-0.1, -0.05) is 45.2 Å². The molecule has 1 rings (SSSR count). The van der Waals surface area contributed by atoms with E-state index < -0.39 is 0 Å². The lowest BCUT2D eigenvalue weighted by molar-refractivity contribution is 0.895. The van der Waals surface area contributed by atoms with Crippen molar-refractivity contribution in [3.63, 3.8) is 0 Å². The topological polar surface area (TPSA) is 12.0 Å². The van der Waals surface area contributed by atoms with Crippen molar-refractivity contribution in [1.82, 2.24) is 5.32 Å². The van der Waals surface area contributed by atoms with Crippen LogP contribution in [0.5, 0.6) is 0 Å². The zero-order valence-electron chi connectivity index (χ0n) is 5.67. The molecule has 56 valence electrons. The molecule has 0 spiro atoms. The summed E-state index contributed by atoms with van der Waals surface area (Å²) >= 11 is 4.57. The summed E-state index contributed by atoms with van der Waals surface area (Å²) in [7, 11) is 7.05. The molecule has 1 saturated heterocycles. The largest absolute Gasteiger partial charge is 0.309 e. The van der Waals surface area contributed by atoms with E-state index in [0.717, 1.165) is 13.1 Å². The Hall–Kier alpha value is 1.33. The van der Waals surface area contributed by atoms with Gasteiger partial charge in [0.25, 0.3) is 0 Å². The van der Waals surface area contributed by atoms with Crippen LogP contribution in [-0.4, -0.2) is 33.6 Å². The Kier molecular flexibility index (Phi) is 4.30. The van der Waals surface area contributed by atoms with E-state index in [2.05, 4.69) is 71.0 Å². The summed E-state index contributed by atoms with van der Waals surface area (Å²) in [6, 6.07) is 0. The fourth-order valence-corrected chi connectivity index (χ4v) is 2.46. The fourth-order valence-electron chi connectivity index (χ4n) is 0.946. The van der Waals surface area contributed by atoms with Gasteiger partial charge in [0.2, 0.25) is 0 Å². The normalized spacial score (nSPS) is 27.3. The first kappa shape index (κ1) is 10.4. The van der Waals surface area contributed by atoms with Gasteiger partial charge in [-0.3, -0.25) is 0 Å². The minimum atomic E-state index is 0.966. The van der Waals surface area contributed by atoms with Gasteiger partial charge in [0, 0.05) is 13.1 Å². The van der Waals surface area contributed by atoms with Crippen molar-refractivity contribution in [3.05, 3.63) is 17.6 Å². The van der Waals surface area contributed by atoms with E-state index in [1.807, 2.05) is 0 Å². The number of hydrogen-bond acceptors (Lipinski definition) is 1. The third-order valence-electron chi connectivity index (χ3n) is 1.50. The predicted octanol–water partition coefficient (Wildman–Crippen LogP) is 1.22. The zero-order valence-corrected chi connectivity index (χ0v) is 12.0. The van der Waals surface area contributed by atoms with Gasteiger partial charge in [-0.2, -0.15) is 0 Å². The maximum Gasteiger partial charge on any atom is 0.0809 e. The first-order chi connectivity index (χ1) is 5.13. The van der Waals surface area contributed by atoms with Crippen molar-refractivity contribution < 1.29 is 0 Å². The summed E-state index contributed by atoms with van der Waals surface area (Å²) in [5.41, 5.74) is 2.73. The molecule has 0 saturated carbocycles. The molecule has 1 nitrogen and oxygen atoms in total. The second-order valence-electron chi connectivity index (χ2n) is 2.19. The molecule has 5 heteroatoms. The average Bonchev–Trinajstić information content (AvgIpc) is 2.32. The fraction of sp³-hybridized carbons (Fsp3) is 0.333. The molecule has 11 heavy (non-hydrogen) atoms. The molecule has 0 aromatic heterocycles. The molecule has 0 amide bonds. The van der Waals surface area contributed by atoms with E-state index in [9.17, 15) is 0 Å². The molecule has 0 unspecified atom stereocenters. The Labute approximate surface area is 101 Å². The van der Waals surface area contributed by atoms with Crippen molar-refractivity contribution in [2.45, 2.75) is 0 Å². The van der Waals surface area contributed by atoms with Crippen LogP contribution >= 0.6 is 45.2 Å². The highest BCUT2D eigenvalue weighted by Crippen LogP contribution is 2.25. The molecule has 0 aliphatic carbocycles. The highest BCUT2D eigenvalue weighted by Gasteiger charge is 2.15. The van der Waals surface area contributed by atoms with Crippen molar-refractivity contribution in [1.29, 1.82) is 0 Å². The minimum absolute atomic E-state index is 0.966. The molecule has 1 aliphatic heterocycles. The molecule has 1 N–H and O–H groups in total. The Bertz CT molecular complexity index is 203. The van der Waals surface area contributed by atoms with Crippen molar-refractivity contribution in [2.75, 3.05) is 13.1 Å². The Morgan fingerprint density at radius 1 is 1.09 bits per heavy atom. The molecule has 0 aromatic carbocycles. The van der Waals surface area contributed by atoms with Gasteiger partial charge in [0.15, 0.2) is 0 Å². The summed E-state index contributed by atoms with van der Waals surface area (Å²) in [6.45, 7) is 1.93. The van der Waals surface area contributed by atoms with Crippen LogP contribution in [-0.2, 0) is 0 Å². The van der Waals surface area contributed by atoms with Crippen LogP contribution in [0, 0.1) is 0 Å². The second kappa shape index (κ2) is 4.54. The first-order valence-corrected chi connectivity index (χ1v) is 6.20. The van der Waals surface area contributed by atoms with Crippen molar-refractivity contribution in [3.8, 4) is 0 Å². The molecule has 1 heterocycles. The maximum absolute atomic E-state index is 3.53. The van der Waals surface area contributed by atoms with Crippen LogP contribution in [0.25, 0.3) is 0 Å². The SMILES string of the molecule is [Si]/C(I)=C1\CNC\C1=C(/[Si])I. The van der Waals surface area contributed by atoms with Crippen LogP contribution in [0.2, 0.25) is 0 Å². The van der Waals surface area contributed by atoms with Crippen LogP contribution in [0.15, 0.2) is 17.6 Å². The highest BCUT2D eigenvalue weighted by molar-refractivity contribution is 14.1. The lowest BCUT2D eigenvalue weighted by Gasteiger charge is -2.01. The highest BCUT2D eigenvalue weighted by atomic mass is 127. The van der Waals surface area contributed by atoms with E-state index in [1.165, 1.54) is 17.6 Å². The summed E-state index contributed by atoms with van der Waals surface area (Å²) in [5.74, 6) is 0. The van der Waals surface area contributed by atoms with Gasteiger partial charge in [0.05, 0.1) is 20.5 Å². The molecular weight excluding hydrogens is 396 g/mol. The van der Waals surface area contributed by atoms with Gasteiger partial charge in [-0.25, -0.2) is 0 Å². The monoisotopic (exact) mass is 401 g/mol. The van der Waals surface area contributed by atoms with E-state index >= 15 is 0 Å². The first-order valence-electron chi connectivity index (χ1n) is 3.04. The zero-order chi connectivity index (χ0) is 8.43. The summed E-state index contributed by atoms with van der Waals surface area (Å²) in [6.07, 6.45) is 0. The predicted molar refractivity (Wildman–Crippen MR) is 66.5 cm³/mol. The smallest absolute Gasteiger partial charge is 0.0809 e. The van der Waals surface area contributed by atoms with Crippen molar-refractivity contribution in [2.24, 2.45) is 0 Å². The van der Waals surface area contributed by atoms with Crippen LogP contribution < -0.4 is 5.32 Å². The third-order valence-corrected chi connectivity index (χ3v) is 3.40. The maximum atomic E-state index is 3.53. The summed E-state index contributed by atoms with van der Waals surface area (Å²) in [5, 5.41) is 3.30. The minimum Gasteiger partial charge on any atom is -0.309 e. The van der Waals surface area contributed by atoms with Gasteiger partial charge < -0.3 is 5.32 Å². The van der Waals surface area contributed by atoms with Gasteiger partial charge >= 0.3 is 0 Å². The van der Waals surface area contributed by atoms with E-state index in [0.29, 0.717) is 0 Å². The third kappa shape index (κ3) is 2.64. The van der Waals surface area contributed by atoms with E-state index in [1.54, 1.807) is 0 Å². The number of rotatable bonds is 0. The number of hydrogen-bond donors (Lipinski definition) is 1. The van der Waals surface area contributed by atoms with Crippen LogP contribution in [0.3, 0.4) is 0 Å².